The van der Waals surface area contributed by atoms with Crippen molar-refractivity contribution in [3.8, 4) is 0 Å². The summed E-state index contributed by atoms with van der Waals surface area (Å²) in [4.78, 5) is 22.1. The lowest BCUT2D eigenvalue weighted by Crippen LogP contribution is -2.44. The van der Waals surface area contributed by atoms with Crippen molar-refractivity contribution in [3.05, 3.63) is 35.4 Å². The standard InChI is InChI=1S/C14H19NO3.C2H4O2/c1-10-7-15(8-11(2)18-10)9-12-3-5-13(6-4-12)14(16)17;1-2(3)4/h3-6,10-11H,7-9H2,1-2H3,(H,16,17);1H3,(H,3,4). The normalized spacial score (nSPS) is 21.6. The van der Waals surface area contributed by atoms with E-state index >= 15 is 0 Å². The van der Waals surface area contributed by atoms with Gasteiger partial charge in [0.1, 0.15) is 0 Å². The first-order valence-electron chi connectivity index (χ1n) is 7.17. The molecule has 1 saturated heterocycles. The van der Waals surface area contributed by atoms with E-state index in [4.69, 9.17) is 19.7 Å². The Labute approximate surface area is 130 Å². The molecule has 0 amide bonds. The quantitative estimate of drug-likeness (QED) is 0.889. The Morgan fingerprint density at radius 3 is 2.00 bits per heavy atom. The fourth-order valence-electron chi connectivity index (χ4n) is 2.42. The van der Waals surface area contributed by atoms with Crippen molar-refractivity contribution in [2.75, 3.05) is 13.1 Å². The molecule has 0 saturated carbocycles. The Hall–Kier alpha value is -1.92. The van der Waals surface area contributed by atoms with E-state index in [1.807, 2.05) is 12.1 Å². The number of aromatic carboxylic acids is 1. The van der Waals surface area contributed by atoms with Crippen LogP contribution in [0.15, 0.2) is 24.3 Å². The topological polar surface area (TPSA) is 87.1 Å². The number of carboxylic acids is 2. The lowest BCUT2D eigenvalue weighted by atomic mass is 10.1. The predicted octanol–water partition coefficient (Wildman–Crippen LogP) is 2.08. The maximum atomic E-state index is 10.8. The van der Waals surface area contributed by atoms with Crippen LogP contribution in [0.3, 0.4) is 0 Å². The van der Waals surface area contributed by atoms with Gasteiger partial charge in [0, 0.05) is 26.6 Å². The number of carbonyl (C=O) groups is 2. The highest BCUT2D eigenvalue weighted by Crippen LogP contribution is 2.14. The first-order chi connectivity index (χ1) is 10.3. The highest BCUT2D eigenvalue weighted by molar-refractivity contribution is 5.87. The zero-order valence-electron chi connectivity index (χ0n) is 13.2. The van der Waals surface area contributed by atoms with Gasteiger partial charge in [-0.2, -0.15) is 0 Å². The zero-order valence-corrected chi connectivity index (χ0v) is 13.2. The van der Waals surface area contributed by atoms with Crippen molar-refractivity contribution in [1.29, 1.82) is 0 Å². The minimum absolute atomic E-state index is 0.257. The second-order valence-corrected chi connectivity index (χ2v) is 5.47. The minimum atomic E-state index is -0.879. The molecule has 6 nitrogen and oxygen atoms in total. The summed E-state index contributed by atoms with van der Waals surface area (Å²) in [6.45, 7) is 7.93. The molecular weight excluding hydrogens is 286 g/mol. The monoisotopic (exact) mass is 309 g/mol. The van der Waals surface area contributed by atoms with Crippen molar-refractivity contribution in [2.24, 2.45) is 0 Å². The van der Waals surface area contributed by atoms with E-state index in [9.17, 15) is 4.79 Å². The van der Waals surface area contributed by atoms with Crippen LogP contribution >= 0.6 is 0 Å². The highest BCUT2D eigenvalue weighted by Gasteiger charge is 2.21. The second kappa shape index (κ2) is 8.51. The van der Waals surface area contributed by atoms with Crippen LogP contribution in [0.1, 0.15) is 36.7 Å². The van der Waals surface area contributed by atoms with Gasteiger partial charge in [0.05, 0.1) is 17.8 Å². The Bertz CT molecular complexity index is 486. The molecular formula is C16H23NO5. The highest BCUT2D eigenvalue weighted by atomic mass is 16.5. The van der Waals surface area contributed by atoms with Crippen LogP contribution in [0, 0.1) is 0 Å². The first kappa shape index (κ1) is 18.1. The second-order valence-electron chi connectivity index (χ2n) is 5.47. The summed E-state index contributed by atoms with van der Waals surface area (Å²) in [6.07, 6.45) is 0.513. The summed E-state index contributed by atoms with van der Waals surface area (Å²) in [5.74, 6) is -1.71. The van der Waals surface area contributed by atoms with E-state index in [1.165, 1.54) is 0 Å². The molecule has 1 aliphatic rings. The molecule has 0 aromatic heterocycles. The van der Waals surface area contributed by atoms with Gasteiger partial charge in [-0.3, -0.25) is 9.69 Å². The van der Waals surface area contributed by atoms with Crippen LogP contribution < -0.4 is 0 Å². The lowest BCUT2D eigenvalue weighted by molar-refractivity contribution is -0.134. The van der Waals surface area contributed by atoms with Gasteiger partial charge >= 0.3 is 5.97 Å². The van der Waals surface area contributed by atoms with E-state index in [2.05, 4.69) is 18.7 Å². The number of ether oxygens (including phenoxy) is 1. The molecule has 0 bridgehead atoms. The lowest BCUT2D eigenvalue weighted by Gasteiger charge is -2.35. The summed E-state index contributed by atoms with van der Waals surface area (Å²) in [5.41, 5.74) is 1.48. The Kier molecular flexibility index (Phi) is 7.01. The SMILES string of the molecule is CC(=O)O.CC1CN(Cc2ccc(C(=O)O)cc2)CC(C)O1. The van der Waals surface area contributed by atoms with Crippen molar-refractivity contribution in [2.45, 2.75) is 39.5 Å². The summed E-state index contributed by atoms with van der Waals surface area (Å²) in [5, 5.41) is 16.3. The minimum Gasteiger partial charge on any atom is -0.481 e. The maximum absolute atomic E-state index is 10.8. The molecule has 22 heavy (non-hydrogen) atoms. The Balaban J connectivity index is 0.000000541. The zero-order chi connectivity index (χ0) is 16.7. The Morgan fingerprint density at radius 2 is 1.59 bits per heavy atom. The van der Waals surface area contributed by atoms with Crippen LogP contribution in [0.2, 0.25) is 0 Å². The molecule has 0 radical (unpaired) electrons. The van der Waals surface area contributed by atoms with Gasteiger partial charge in [0.2, 0.25) is 0 Å². The van der Waals surface area contributed by atoms with Crippen molar-refractivity contribution in [3.63, 3.8) is 0 Å². The van der Waals surface area contributed by atoms with E-state index in [1.54, 1.807) is 12.1 Å². The molecule has 2 rings (SSSR count). The van der Waals surface area contributed by atoms with Crippen molar-refractivity contribution >= 4 is 11.9 Å². The Morgan fingerprint density at radius 1 is 1.14 bits per heavy atom. The summed E-state index contributed by atoms with van der Waals surface area (Å²) in [6, 6.07) is 7.08. The molecule has 1 aromatic carbocycles. The van der Waals surface area contributed by atoms with Gasteiger partial charge in [0.25, 0.3) is 5.97 Å². The molecule has 0 spiro atoms. The number of morpholine rings is 1. The number of hydrogen-bond donors (Lipinski definition) is 2. The number of carboxylic acid groups (broad SMARTS) is 2. The van der Waals surface area contributed by atoms with E-state index in [0.29, 0.717) is 5.56 Å². The largest absolute Gasteiger partial charge is 0.481 e. The summed E-state index contributed by atoms with van der Waals surface area (Å²) >= 11 is 0. The van der Waals surface area contributed by atoms with Crippen LogP contribution in [-0.2, 0) is 16.1 Å². The van der Waals surface area contributed by atoms with Gasteiger partial charge in [-0.1, -0.05) is 12.1 Å². The fraction of sp³-hybridized carbons (Fsp3) is 0.500. The number of nitrogens with zero attached hydrogens (tertiary/aromatic N) is 1. The van der Waals surface area contributed by atoms with Crippen LogP contribution in [0.4, 0.5) is 0 Å². The summed E-state index contributed by atoms with van der Waals surface area (Å²) in [7, 11) is 0. The molecule has 0 aliphatic carbocycles. The van der Waals surface area contributed by atoms with E-state index < -0.39 is 11.9 Å². The first-order valence-corrected chi connectivity index (χ1v) is 7.17. The van der Waals surface area contributed by atoms with Gasteiger partial charge < -0.3 is 14.9 Å². The van der Waals surface area contributed by atoms with Crippen molar-refractivity contribution < 1.29 is 24.5 Å². The van der Waals surface area contributed by atoms with Gasteiger partial charge in [0.15, 0.2) is 0 Å². The van der Waals surface area contributed by atoms with Gasteiger partial charge in [-0.25, -0.2) is 4.79 Å². The molecule has 1 aliphatic heterocycles. The molecule has 2 N–H and O–H groups in total. The average molecular weight is 309 g/mol. The molecule has 2 atom stereocenters. The van der Waals surface area contributed by atoms with Gasteiger partial charge in [-0.15, -0.1) is 0 Å². The molecule has 2 unspecified atom stereocenters. The number of aliphatic carboxylic acids is 1. The number of benzene rings is 1. The van der Waals surface area contributed by atoms with E-state index in [0.717, 1.165) is 32.1 Å². The van der Waals surface area contributed by atoms with Crippen LogP contribution in [-0.4, -0.2) is 52.3 Å². The molecule has 122 valence electrons. The molecule has 1 aromatic rings. The van der Waals surface area contributed by atoms with Crippen LogP contribution in [0.5, 0.6) is 0 Å². The fourth-order valence-corrected chi connectivity index (χ4v) is 2.42. The maximum Gasteiger partial charge on any atom is 0.335 e. The third-order valence-electron chi connectivity index (χ3n) is 3.10. The average Bonchev–Trinajstić information content (AvgIpc) is 2.37. The summed E-state index contributed by atoms with van der Waals surface area (Å²) < 4.78 is 5.69. The predicted molar refractivity (Wildman–Crippen MR) is 82.0 cm³/mol. The number of rotatable bonds is 3. The third kappa shape index (κ3) is 6.69. The molecule has 1 fully saturated rings. The smallest absolute Gasteiger partial charge is 0.335 e. The van der Waals surface area contributed by atoms with Crippen LogP contribution in [0.25, 0.3) is 0 Å². The van der Waals surface area contributed by atoms with E-state index in [-0.39, 0.29) is 12.2 Å². The third-order valence-corrected chi connectivity index (χ3v) is 3.10. The molecule has 6 heteroatoms. The number of hydrogen-bond acceptors (Lipinski definition) is 4. The van der Waals surface area contributed by atoms with Gasteiger partial charge in [-0.05, 0) is 31.5 Å². The van der Waals surface area contributed by atoms with Crippen molar-refractivity contribution in [1.82, 2.24) is 4.90 Å². The molecule has 1 heterocycles.